The summed E-state index contributed by atoms with van der Waals surface area (Å²) in [4.78, 5) is 35.2. The molecule has 16 rings (SSSR count). The average Bonchev–Trinajstić information content (AvgIpc) is 1.69. The highest BCUT2D eigenvalue weighted by Gasteiger charge is 2.20. The lowest BCUT2D eigenvalue weighted by atomic mass is 10.2. The van der Waals surface area contributed by atoms with Crippen LogP contribution in [0.3, 0.4) is 0 Å². The number of H-pyrrole nitrogens is 6. The fourth-order valence-corrected chi connectivity index (χ4v) is 11.7. The number of hydrogen-bond donors (Lipinski definition) is 30. The summed E-state index contributed by atoms with van der Waals surface area (Å²) in [6.07, 6.45) is 2.79. The van der Waals surface area contributed by atoms with Gasteiger partial charge in [0.15, 0.2) is 92.0 Å². The molecule has 0 fully saturated rings. The Morgan fingerprint density at radius 2 is 0.638 bits per heavy atom. The number of nitrogens with two attached hydrogens (primary N) is 2. The number of phenolic OH excluding ortho intramolecular Hbond substituents is 16. The largest absolute Gasteiger partial charge is 0.504 e. The zero-order valence-electron chi connectivity index (χ0n) is 76.7. The molecule has 0 aliphatic heterocycles. The molecule has 8 aromatic heterocycles. The Labute approximate surface area is 786 Å². The van der Waals surface area contributed by atoms with Crippen molar-refractivity contribution in [3.8, 4) is 92.0 Å². The summed E-state index contributed by atoms with van der Waals surface area (Å²) < 4.78 is 3.22. The van der Waals surface area contributed by atoms with Crippen molar-refractivity contribution in [2.45, 2.75) is 52.4 Å². The summed E-state index contributed by atoms with van der Waals surface area (Å²) in [5, 5.41) is 224. The first kappa shape index (κ1) is 103. The highest BCUT2D eigenvalue weighted by atomic mass is 16.3. The predicted octanol–water partition coefficient (Wildman–Crippen LogP) is 6.12. The highest BCUT2D eigenvalue weighted by molar-refractivity contribution is 5.54. The zero-order chi connectivity index (χ0) is 100. The van der Waals surface area contributed by atoms with Crippen LogP contribution in [0.4, 0.5) is 83.3 Å². The number of phenols is 16. The molecule has 0 aliphatic rings. The third-order valence-corrected chi connectivity index (χ3v) is 19.4. The summed E-state index contributed by atoms with van der Waals surface area (Å²) in [6, 6.07) is 38.5. The van der Waals surface area contributed by atoms with Gasteiger partial charge in [0, 0.05) is 181 Å². The van der Waals surface area contributed by atoms with Gasteiger partial charge >= 0.3 is 0 Å². The molecule has 16 aromatic rings. The number of aromatic amines is 6. The minimum atomic E-state index is -0.151. The monoisotopic (exact) mass is 1910 g/mol. The van der Waals surface area contributed by atoms with Crippen LogP contribution in [-0.4, -0.2) is 273 Å². The number of aromatic hydroxyl groups is 16. The number of anilines is 14. The molecule has 138 heavy (non-hydrogen) atoms. The number of nitrogen functional groups attached to an aromatic ring is 2. The molecular formula is C84H110N38O16. The van der Waals surface area contributed by atoms with Gasteiger partial charge in [-0.05, 0) is 48.5 Å². The first-order valence-electron chi connectivity index (χ1n) is 41.1. The Kier molecular flexibility index (Phi) is 36.6. The fraction of sp³-hybridized carbons (Fsp3) is 0.238. The second-order valence-electron chi connectivity index (χ2n) is 29.8. The Balaban J connectivity index is 0.000000177. The van der Waals surface area contributed by atoms with Crippen molar-refractivity contribution in [2.75, 3.05) is 143 Å². The highest BCUT2D eigenvalue weighted by Crippen LogP contribution is 2.37. The van der Waals surface area contributed by atoms with E-state index in [1.165, 1.54) is 61.2 Å². The Bertz CT molecular complexity index is 6470. The predicted molar refractivity (Wildman–Crippen MR) is 513 cm³/mol. The summed E-state index contributed by atoms with van der Waals surface area (Å²) in [7, 11) is 21.6. The lowest BCUT2D eigenvalue weighted by Gasteiger charge is -2.18. The van der Waals surface area contributed by atoms with E-state index in [-0.39, 0.29) is 92.0 Å². The maximum Gasteiger partial charge on any atom is 0.246 e. The average molecular weight is 1910 g/mol. The van der Waals surface area contributed by atoms with Crippen LogP contribution in [0, 0.1) is 0 Å². The van der Waals surface area contributed by atoms with Crippen molar-refractivity contribution in [3.63, 3.8) is 0 Å². The molecule has 0 aliphatic carbocycles. The van der Waals surface area contributed by atoms with Gasteiger partial charge in [-0.3, -0.25) is 9.13 Å². The second kappa shape index (κ2) is 49.2. The van der Waals surface area contributed by atoms with Crippen molar-refractivity contribution < 1.29 is 81.7 Å². The summed E-state index contributed by atoms with van der Waals surface area (Å²) in [5.41, 5.74) is 15.9. The maximum atomic E-state index is 9.76. The number of hydrogen-bond acceptors (Lipinski definition) is 46. The van der Waals surface area contributed by atoms with Gasteiger partial charge in [-0.1, -0.05) is 97.1 Å². The van der Waals surface area contributed by atoms with Gasteiger partial charge in [-0.15, -0.1) is 40.8 Å². The van der Waals surface area contributed by atoms with E-state index >= 15 is 0 Å². The molecule has 732 valence electrons. The standard InChI is InChI=1S/C12H17N5O2.3C11H15N5O2.2C10H13N5O2.C10H12N4O2.C9H10N4O2/c1-16(2)11-13-12(15-14-11)17(3)7-8-5-4-6-9(18)10(8)19;1-15(11-14-13-10(12)16(11)2)6-7-4-3-5-8(17)9(7)18;1-16(2)11-13-10(14-15-11)12-6-7-4-3-5-8(17)9(7)18;1-12-10-13-11(15-14-10)16(2)6-7-4-3-5-8(17)9(7)18;1-15-9(11)13-14-10(15)12-5-6-3-2-4-7(16)8(6)17;1-11-9-13-10(15-14-9)12-5-6-3-2-4-7(16)8(6)17;1-14(10-11-6-12-13-10)5-7-3-2-4-8(15)9(7)16;14-7-3-1-2-6(8(7)15)4-10-9-11-5-12-13-9/h4-6,18-19H,7H2,1-3H3,(H,13,14,15);3-5,17-18H,6H2,1-2H3,(H2,12,13);2*3-5,17-18H,6H2,1-2H3,(H2,12,13,14,15);2-4,16-17H,5H2,1H3,(H2,11,13)(H,12,14);2-4,16-17H,5H2,1H3,(H3,11,12,13,14,15);2-4,6,15-16H,5H2,1H3,(H,11,12,13);1-3,5,14-15H,4H2,(H2,10,11,12,13). The van der Waals surface area contributed by atoms with Crippen molar-refractivity contribution >= 4 is 83.3 Å². The van der Waals surface area contributed by atoms with Crippen molar-refractivity contribution in [1.82, 2.24) is 121 Å². The first-order chi connectivity index (χ1) is 65.9. The van der Waals surface area contributed by atoms with Crippen LogP contribution >= 0.6 is 0 Å². The van der Waals surface area contributed by atoms with Crippen molar-refractivity contribution in [1.29, 1.82) is 0 Å². The van der Waals surface area contributed by atoms with E-state index in [0.29, 0.717) is 180 Å². The molecule has 0 atom stereocenters. The van der Waals surface area contributed by atoms with Gasteiger partial charge < -0.3 is 154 Å². The number of benzene rings is 8. The molecule has 54 nitrogen and oxygen atoms in total. The second-order valence-corrected chi connectivity index (χ2v) is 29.8. The number of nitrogens with one attached hydrogen (secondary N) is 12. The van der Waals surface area contributed by atoms with E-state index in [0.717, 1.165) is 0 Å². The molecule has 0 saturated carbocycles. The van der Waals surface area contributed by atoms with Crippen LogP contribution in [0.25, 0.3) is 0 Å². The van der Waals surface area contributed by atoms with E-state index in [1.807, 2.05) is 42.3 Å². The van der Waals surface area contributed by atoms with E-state index in [4.69, 9.17) is 11.5 Å². The van der Waals surface area contributed by atoms with Crippen LogP contribution in [0.2, 0.25) is 0 Å². The van der Waals surface area contributed by atoms with Crippen LogP contribution in [0.1, 0.15) is 44.5 Å². The molecule has 0 unspecified atom stereocenters. The molecule has 0 amide bonds. The molecular weight excluding hydrogens is 1800 g/mol. The first-order valence-corrected chi connectivity index (χ1v) is 41.1. The van der Waals surface area contributed by atoms with Crippen LogP contribution in [0.15, 0.2) is 158 Å². The Hall–Kier alpha value is -19.1. The van der Waals surface area contributed by atoms with Gasteiger partial charge in [0.05, 0.1) is 0 Å². The van der Waals surface area contributed by atoms with Crippen LogP contribution in [0.5, 0.6) is 92.0 Å². The molecule has 0 saturated heterocycles. The molecule has 8 heterocycles. The summed E-state index contributed by atoms with van der Waals surface area (Å²) in [5.74, 6) is 5.01. The van der Waals surface area contributed by atoms with E-state index in [2.05, 4.69) is 143 Å². The van der Waals surface area contributed by atoms with Gasteiger partial charge in [0.25, 0.3) is 0 Å². The van der Waals surface area contributed by atoms with Gasteiger partial charge in [-0.2, -0.15) is 35.1 Å². The minimum absolute atomic E-state index is 0.103. The number of aromatic nitrogens is 24. The molecule has 32 N–H and O–H groups in total. The molecule has 0 spiro atoms. The minimum Gasteiger partial charge on any atom is -0.504 e. The van der Waals surface area contributed by atoms with E-state index in [9.17, 15) is 81.7 Å². The molecule has 54 heteroatoms. The fourth-order valence-electron chi connectivity index (χ4n) is 11.7. The van der Waals surface area contributed by atoms with E-state index in [1.54, 1.807) is 178 Å². The third-order valence-electron chi connectivity index (χ3n) is 19.4. The number of rotatable bonds is 28. The van der Waals surface area contributed by atoms with E-state index < -0.39 is 0 Å². The Morgan fingerprint density at radius 1 is 0.304 bits per heavy atom. The lowest BCUT2D eigenvalue weighted by molar-refractivity contribution is 0.399. The Morgan fingerprint density at radius 3 is 0.993 bits per heavy atom. The molecule has 8 aromatic carbocycles. The molecule has 0 radical (unpaired) electrons. The van der Waals surface area contributed by atoms with Gasteiger partial charge in [-0.25, -0.2) is 35.6 Å². The zero-order valence-corrected chi connectivity index (χ0v) is 76.7. The SMILES string of the molecule is CN(C)c1n[nH]c(N(C)Cc2cccc(O)c2O)n1.CN(C)c1n[nH]c(NCc2cccc(O)c2O)n1.CN(Cc1cccc(O)c1O)c1ncn[nH]1.CN(Cc1cccc(O)c1O)c1nnc(N)n1C.CNc1n[nH]c(NCc2cccc(O)c2O)n1.CNc1nc(N(C)Cc2cccc(O)c2O)n[nH]1.Cn1c(N)nnc1NCc1cccc(O)c1O.Oc1cccc(CNc2ncn[nH]2)c1O. The topological polar surface area (TPSA) is 778 Å². The summed E-state index contributed by atoms with van der Waals surface area (Å²) in [6.45, 7) is 2.94. The van der Waals surface area contributed by atoms with Crippen molar-refractivity contribution in [2.24, 2.45) is 14.1 Å². The quantitative estimate of drug-likeness (QED) is 0.0245. The molecule has 0 bridgehead atoms. The van der Waals surface area contributed by atoms with Crippen LogP contribution in [-0.2, 0) is 66.5 Å². The normalized spacial score (nSPS) is 10.3. The lowest BCUT2D eigenvalue weighted by Crippen LogP contribution is -2.20. The van der Waals surface area contributed by atoms with Gasteiger partial charge in [0.1, 0.15) is 12.7 Å². The van der Waals surface area contributed by atoms with Crippen LogP contribution < -0.4 is 72.8 Å². The number of para-hydroxylation sites is 8. The van der Waals surface area contributed by atoms with Gasteiger partial charge in [0.2, 0.25) is 83.3 Å². The third kappa shape index (κ3) is 28.9. The van der Waals surface area contributed by atoms with Crippen molar-refractivity contribution in [3.05, 3.63) is 203 Å². The summed E-state index contributed by atoms with van der Waals surface area (Å²) >= 11 is 0. The number of nitrogens with zero attached hydrogens (tertiary/aromatic N) is 24. The smallest absolute Gasteiger partial charge is 0.246 e. The maximum absolute atomic E-state index is 9.76.